The highest BCUT2D eigenvalue weighted by Crippen LogP contribution is 2.26. The van der Waals surface area contributed by atoms with Crippen LogP contribution >= 0.6 is 0 Å². The number of furan rings is 1. The highest BCUT2D eigenvalue weighted by Gasteiger charge is 2.23. The van der Waals surface area contributed by atoms with E-state index in [1.54, 1.807) is 6.92 Å². The van der Waals surface area contributed by atoms with Gasteiger partial charge < -0.3 is 9.52 Å². The lowest BCUT2D eigenvalue weighted by Gasteiger charge is -1.94. The van der Waals surface area contributed by atoms with Crippen molar-refractivity contribution in [2.75, 3.05) is 0 Å². The quantitative estimate of drug-likeness (QED) is 0.796. The van der Waals surface area contributed by atoms with E-state index in [9.17, 15) is 13.6 Å². The smallest absolute Gasteiger partial charge is 0.339 e. The van der Waals surface area contributed by atoms with Crippen LogP contribution in [0.15, 0.2) is 10.5 Å². The summed E-state index contributed by atoms with van der Waals surface area (Å²) in [4.78, 5) is 10.5. The summed E-state index contributed by atoms with van der Waals surface area (Å²) in [6.07, 6.45) is -2.49. The lowest BCUT2D eigenvalue weighted by atomic mass is 10.2. The Bertz CT molecular complexity index is 317. The lowest BCUT2D eigenvalue weighted by Crippen LogP contribution is -1.98. The number of hydrogen-bond acceptors (Lipinski definition) is 2. The minimum absolute atomic E-state index is 0.257. The van der Waals surface area contributed by atoms with E-state index in [0.29, 0.717) is 6.42 Å². The van der Waals surface area contributed by atoms with Crippen molar-refractivity contribution in [3.8, 4) is 0 Å². The maximum absolute atomic E-state index is 12.2. The molecule has 0 amide bonds. The summed E-state index contributed by atoms with van der Waals surface area (Å²) < 4.78 is 29.0. The highest BCUT2D eigenvalue weighted by atomic mass is 19.3. The van der Waals surface area contributed by atoms with Crippen LogP contribution in [0.4, 0.5) is 8.78 Å². The fourth-order valence-corrected chi connectivity index (χ4v) is 0.961. The molecule has 3 nitrogen and oxygen atoms in total. The third-order valence-electron chi connectivity index (χ3n) is 1.59. The van der Waals surface area contributed by atoms with Crippen molar-refractivity contribution in [2.24, 2.45) is 0 Å². The molecule has 0 radical (unpaired) electrons. The van der Waals surface area contributed by atoms with Crippen LogP contribution in [0.5, 0.6) is 0 Å². The maximum Gasteiger partial charge on any atom is 0.339 e. The molecule has 0 saturated heterocycles. The fraction of sp³-hybridized carbons (Fsp3) is 0.375. The van der Waals surface area contributed by atoms with Gasteiger partial charge >= 0.3 is 5.97 Å². The van der Waals surface area contributed by atoms with E-state index in [2.05, 4.69) is 4.42 Å². The van der Waals surface area contributed by atoms with Gasteiger partial charge in [-0.1, -0.05) is 6.92 Å². The highest BCUT2D eigenvalue weighted by molar-refractivity contribution is 5.89. The van der Waals surface area contributed by atoms with E-state index in [1.807, 2.05) is 0 Å². The molecule has 72 valence electrons. The van der Waals surface area contributed by atoms with Crippen LogP contribution in [-0.2, 0) is 6.42 Å². The van der Waals surface area contributed by atoms with E-state index < -0.39 is 23.7 Å². The molecule has 0 saturated carbocycles. The van der Waals surface area contributed by atoms with Crippen molar-refractivity contribution in [2.45, 2.75) is 19.8 Å². The van der Waals surface area contributed by atoms with Crippen molar-refractivity contribution in [3.05, 3.63) is 23.2 Å². The summed E-state index contributed by atoms with van der Waals surface area (Å²) in [6.45, 7) is 1.69. The summed E-state index contributed by atoms with van der Waals surface area (Å²) in [5.74, 6) is -1.89. The van der Waals surface area contributed by atoms with Crippen molar-refractivity contribution in [3.63, 3.8) is 0 Å². The Morgan fingerprint density at radius 2 is 2.31 bits per heavy atom. The van der Waals surface area contributed by atoms with Crippen LogP contribution in [0.3, 0.4) is 0 Å². The van der Waals surface area contributed by atoms with Gasteiger partial charge in [0.2, 0.25) is 0 Å². The number of carboxylic acids is 1. The molecular formula is C8H8F2O3. The number of hydrogen-bond donors (Lipinski definition) is 1. The predicted molar refractivity (Wildman–Crippen MR) is 40.0 cm³/mol. The van der Waals surface area contributed by atoms with Gasteiger partial charge in [-0.15, -0.1) is 0 Å². The third-order valence-corrected chi connectivity index (χ3v) is 1.59. The Labute approximate surface area is 73.0 Å². The van der Waals surface area contributed by atoms with Gasteiger partial charge in [0.25, 0.3) is 6.43 Å². The van der Waals surface area contributed by atoms with Gasteiger partial charge in [0.1, 0.15) is 11.3 Å². The number of rotatable bonds is 3. The Balaban J connectivity index is 3.15. The van der Waals surface area contributed by atoms with Crippen molar-refractivity contribution < 1.29 is 23.1 Å². The van der Waals surface area contributed by atoms with Gasteiger partial charge in [0.15, 0.2) is 5.76 Å². The van der Waals surface area contributed by atoms with Crippen LogP contribution < -0.4 is 0 Å². The molecule has 1 heterocycles. The number of carboxylic acid groups (broad SMARTS) is 1. The third kappa shape index (κ3) is 1.85. The van der Waals surface area contributed by atoms with E-state index in [4.69, 9.17) is 5.11 Å². The molecule has 0 bridgehead atoms. The molecule has 0 aliphatic rings. The van der Waals surface area contributed by atoms with Crippen LogP contribution in [0.2, 0.25) is 0 Å². The Hall–Kier alpha value is -1.39. The minimum Gasteiger partial charge on any atom is -0.478 e. The van der Waals surface area contributed by atoms with Crippen LogP contribution in [0, 0.1) is 0 Å². The first-order chi connectivity index (χ1) is 6.06. The Morgan fingerprint density at radius 1 is 1.69 bits per heavy atom. The van der Waals surface area contributed by atoms with Gasteiger partial charge in [-0.05, 0) is 6.07 Å². The SMILES string of the molecule is CCc1cc(C(=O)O)c(C(F)F)o1. The zero-order chi connectivity index (χ0) is 10.0. The van der Waals surface area contributed by atoms with Crippen molar-refractivity contribution >= 4 is 5.97 Å². The monoisotopic (exact) mass is 190 g/mol. The maximum atomic E-state index is 12.2. The summed E-state index contributed by atoms with van der Waals surface area (Å²) in [5.41, 5.74) is -0.452. The van der Waals surface area contributed by atoms with E-state index in [-0.39, 0.29) is 5.76 Å². The molecule has 1 N–H and O–H groups in total. The lowest BCUT2D eigenvalue weighted by molar-refractivity contribution is 0.0673. The molecule has 0 aliphatic heterocycles. The molecule has 13 heavy (non-hydrogen) atoms. The zero-order valence-corrected chi connectivity index (χ0v) is 6.88. The molecule has 0 atom stereocenters. The average Bonchev–Trinajstić information content (AvgIpc) is 2.47. The second-order valence-electron chi connectivity index (χ2n) is 2.45. The van der Waals surface area contributed by atoms with Gasteiger partial charge in [-0.2, -0.15) is 0 Å². The van der Waals surface area contributed by atoms with Gasteiger partial charge in [-0.25, -0.2) is 13.6 Å². The molecular weight excluding hydrogens is 182 g/mol. The first-order valence-electron chi connectivity index (χ1n) is 3.70. The van der Waals surface area contributed by atoms with Crippen molar-refractivity contribution in [1.82, 2.24) is 0 Å². The fourth-order valence-electron chi connectivity index (χ4n) is 0.961. The zero-order valence-electron chi connectivity index (χ0n) is 6.88. The molecule has 0 fully saturated rings. The molecule has 1 aromatic heterocycles. The van der Waals surface area contributed by atoms with Crippen molar-refractivity contribution in [1.29, 1.82) is 0 Å². The first kappa shape index (κ1) is 9.70. The van der Waals surface area contributed by atoms with E-state index in [1.165, 1.54) is 0 Å². The standard InChI is InChI=1S/C8H8F2O3/c1-2-4-3-5(8(11)12)6(13-4)7(9)10/h3,7H,2H2,1H3,(H,11,12). The summed E-state index contributed by atoms with van der Waals surface area (Å²) in [6, 6.07) is 1.13. The number of halogens is 2. The Kier molecular flexibility index (Phi) is 2.65. The minimum atomic E-state index is -2.88. The van der Waals surface area contributed by atoms with Crippen LogP contribution in [0.1, 0.15) is 35.2 Å². The number of alkyl halides is 2. The number of aromatic carboxylic acids is 1. The van der Waals surface area contributed by atoms with Crippen LogP contribution in [0.25, 0.3) is 0 Å². The van der Waals surface area contributed by atoms with Gasteiger partial charge in [-0.3, -0.25) is 0 Å². The molecule has 0 aliphatic carbocycles. The van der Waals surface area contributed by atoms with E-state index >= 15 is 0 Å². The normalized spacial score (nSPS) is 10.8. The molecule has 0 aromatic carbocycles. The number of aryl methyl sites for hydroxylation is 1. The largest absolute Gasteiger partial charge is 0.478 e. The Morgan fingerprint density at radius 3 is 2.62 bits per heavy atom. The summed E-state index contributed by atoms with van der Waals surface area (Å²) in [5, 5.41) is 8.53. The first-order valence-corrected chi connectivity index (χ1v) is 3.70. The summed E-state index contributed by atoms with van der Waals surface area (Å²) >= 11 is 0. The van der Waals surface area contributed by atoms with Crippen LogP contribution in [-0.4, -0.2) is 11.1 Å². The van der Waals surface area contributed by atoms with Gasteiger partial charge in [0.05, 0.1) is 0 Å². The molecule has 1 rings (SSSR count). The average molecular weight is 190 g/mol. The molecule has 0 unspecified atom stereocenters. The van der Waals surface area contributed by atoms with Gasteiger partial charge in [0, 0.05) is 6.42 Å². The predicted octanol–water partition coefficient (Wildman–Crippen LogP) is 2.48. The van der Waals surface area contributed by atoms with E-state index in [0.717, 1.165) is 6.07 Å². The summed E-state index contributed by atoms with van der Waals surface area (Å²) in [7, 11) is 0. The molecule has 1 aromatic rings. The second kappa shape index (κ2) is 3.55. The number of carbonyl (C=O) groups is 1. The molecule has 0 spiro atoms. The second-order valence-corrected chi connectivity index (χ2v) is 2.45. The topological polar surface area (TPSA) is 50.4 Å². The molecule has 5 heteroatoms.